The minimum atomic E-state index is -0.382. The van der Waals surface area contributed by atoms with Crippen molar-refractivity contribution < 1.29 is 14.3 Å². The maximum Gasteiger partial charge on any atom is 0.310 e. The summed E-state index contributed by atoms with van der Waals surface area (Å²) in [5, 5.41) is 3.03. The van der Waals surface area contributed by atoms with Gasteiger partial charge in [0.1, 0.15) is 0 Å². The van der Waals surface area contributed by atoms with Gasteiger partial charge < -0.3 is 10.1 Å². The molecule has 1 aliphatic rings. The molecule has 148 valence electrons. The number of benzene rings is 2. The zero-order chi connectivity index (χ0) is 19.9. The van der Waals surface area contributed by atoms with Gasteiger partial charge in [0.25, 0.3) is 5.91 Å². The van der Waals surface area contributed by atoms with Crippen molar-refractivity contribution in [2.45, 2.75) is 45.6 Å². The van der Waals surface area contributed by atoms with Crippen molar-refractivity contribution in [2.75, 3.05) is 6.61 Å². The fourth-order valence-electron chi connectivity index (χ4n) is 3.84. The minimum Gasteiger partial charge on any atom is -0.455 e. The lowest BCUT2D eigenvalue weighted by Crippen LogP contribution is -2.45. The minimum absolute atomic E-state index is 0.166. The van der Waals surface area contributed by atoms with Crippen molar-refractivity contribution in [3.8, 4) is 11.1 Å². The summed E-state index contributed by atoms with van der Waals surface area (Å²) in [6.07, 6.45) is 3.51. The van der Waals surface area contributed by atoms with Gasteiger partial charge in [0.15, 0.2) is 6.61 Å². The number of esters is 1. The fourth-order valence-corrected chi connectivity index (χ4v) is 3.84. The first kappa shape index (κ1) is 20.1. The quantitative estimate of drug-likeness (QED) is 0.758. The summed E-state index contributed by atoms with van der Waals surface area (Å²) < 4.78 is 5.18. The molecule has 1 N–H and O–H groups in total. The van der Waals surface area contributed by atoms with Gasteiger partial charge >= 0.3 is 5.97 Å². The van der Waals surface area contributed by atoms with Crippen LogP contribution in [0.15, 0.2) is 54.6 Å². The molecule has 0 saturated heterocycles. The van der Waals surface area contributed by atoms with Crippen LogP contribution in [-0.2, 0) is 20.7 Å². The van der Waals surface area contributed by atoms with E-state index in [-0.39, 0.29) is 30.9 Å². The van der Waals surface area contributed by atoms with Crippen molar-refractivity contribution in [1.29, 1.82) is 0 Å². The average Bonchev–Trinajstić information content (AvgIpc) is 2.71. The molecule has 28 heavy (non-hydrogen) atoms. The molecule has 1 amide bonds. The number of ether oxygens (including phenoxy) is 1. The van der Waals surface area contributed by atoms with Crippen molar-refractivity contribution in [2.24, 2.45) is 11.8 Å². The topological polar surface area (TPSA) is 55.4 Å². The van der Waals surface area contributed by atoms with Crippen LogP contribution in [0.1, 0.15) is 38.7 Å². The molecule has 0 spiro atoms. The number of hydrogen-bond donors (Lipinski definition) is 1. The molecule has 4 heteroatoms. The van der Waals surface area contributed by atoms with Gasteiger partial charge in [-0.2, -0.15) is 0 Å². The Hall–Kier alpha value is -2.62. The Morgan fingerprint density at radius 1 is 0.964 bits per heavy atom. The van der Waals surface area contributed by atoms with Gasteiger partial charge in [-0.15, -0.1) is 0 Å². The first-order valence-corrected chi connectivity index (χ1v) is 10.1. The molecule has 0 aliphatic heterocycles. The van der Waals surface area contributed by atoms with Gasteiger partial charge in [-0.25, -0.2) is 0 Å². The third-order valence-corrected chi connectivity index (χ3v) is 5.83. The molecular formula is C24H29NO3. The Bertz CT molecular complexity index is 785. The molecule has 0 unspecified atom stereocenters. The van der Waals surface area contributed by atoms with E-state index in [1.54, 1.807) is 0 Å². The summed E-state index contributed by atoms with van der Waals surface area (Å²) in [6.45, 7) is 4.20. The second-order valence-corrected chi connectivity index (χ2v) is 7.84. The van der Waals surface area contributed by atoms with Gasteiger partial charge in [0, 0.05) is 6.04 Å². The zero-order valence-corrected chi connectivity index (χ0v) is 16.7. The van der Waals surface area contributed by atoms with E-state index in [2.05, 4.69) is 31.3 Å². The van der Waals surface area contributed by atoms with E-state index in [0.29, 0.717) is 11.8 Å². The normalized spacial score (nSPS) is 21.7. The lowest BCUT2D eigenvalue weighted by Gasteiger charge is -2.34. The zero-order valence-electron chi connectivity index (χ0n) is 16.7. The SMILES string of the molecule is C[C@@H]1[C@H](C)CCC[C@@H]1NC(=O)COC(=O)Cc1ccc(-c2ccccc2)cc1. The maximum atomic E-state index is 12.1. The standard InChI is InChI=1S/C24H29NO3/c1-17-7-6-10-22(18(17)2)25-23(26)16-28-24(27)15-19-11-13-21(14-12-19)20-8-4-3-5-9-20/h3-5,8-9,11-14,17-18,22H,6-7,10,15-16H2,1-2H3,(H,25,26)/t17-,18-,22+/m1/s1. The Balaban J connectivity index is 1.44. The highest BCUT2D eigenvalue weighted by molar-refractivity contribution is 5.81. The molecule has 2 aromatic rings. The lowest BCUT2D eigenvalue weighted by molar-refractivity contribution is -0.148. The van der Waals surface area contributed by atoms with E-state index in [1.807, 2.05) is 42.5 Å². The van der Waals surface area contributed by atoms with E-state index in [9.17, 15) is 9.59 Å². The van der Waals surface area contributed by atoms with Crippen LogP contribution in [0.3, 0.4) is 0 Å². The van der Waals surface area contributed by atoms with Crippen LogP contribution in [0.25, 0.3) is 11.1 Å². The molecule has 2 aromatic carbocycles. The highest BCUT2D eigenvalue weighted by Crippen LogP contribution is 2.29. The summed E-state index contributed by atoms with van der Waals surface area (Å²) in [5.41, 5.74) is 3.12. The molecule has 4 nitrogen and oxygen atoms in total. The summed E-state index contributed by atoms with van der Waals surface area (Å²) in [6, 6.07) is 18.1. The molecule has 1 saturated carbocycles. The summed E-state index contributed by atoms with van der Waals surface area (Å²) in [4.78, 5) is 24.2. The number of amides is 1. The molecular weight excluding hydrogens is 350 g/mol. The number of nitrogens with one attached hydrogen (secondary N) is 1. The molecule has 0 aromatic heterocycles. The smallest absolute Gasteiger partial charge is 0.310 e. The van der Waals surface area contributed by atoms with Crippen LogP contribution in [0.5, 0.6) is 0 Å². The Morgan fingerprint density at radius 3 is 2.36 bits per heavy atom. The highest BCUT2D eigenvalue weighted by Gasteiger charge is 2.28. The monoisotopic (exact) mass is 379 g/mol. The first-order valence-electron chi connectivity index (χ1n) is 10.1. The molecule has 1 aliphatic carbocycles. The van der Waals surface area contributed by atoms with E-state index >= 15 is 0 Å². The van der Waals surface area contributed by atoms with Crippen molar-refractivity contribution in [1.82, 2.24) is 5.32 Å². The van der Waals surface area contributed by atoms with Crippen LogP contribution in [0.2, 0.25) is 0 Å². The number of hydrogen-bond acceptors (Lipinski definition) is 3. The molecule has 0 radical (unpaired) electrons. The largest absolute Gasteiger partial charge is 0.455 e. The molecule has 1 fully saturated rings. The van der Waals surface area contributed by atoms with Gasteiger partial charge in [-0.3, -0.25) is 9.59 Å². The van der Waals surface area contributed by atoms with Crippen LogP contribution in [0, 0.1) is 11.8 Å². The van der Waals surface area contributed by atoms with Crippen LogP contribution < -0.4 is 5.32 Å². The van der Waals surface area contributed by atoms with Crippen molar-refractivity contribution in [3.05, 3.63) is 60.2 Å². The predicted molar refractivity (Wildman–Crippen MR) is 111 cm³/mol. The third kappa shape index (κ3) is 5.44. The Morgan fingerprint density at radius 2 is 1.64 bits per heavy atom. The summed E-state index contributed by atoms with van der Waals surface area (Å²) in [7, 11) is 0. The first-order chi connectivity index (χ1) is 13.5. The van der Waals surface area contributed by atoms with Gasteiger partial charge in [0.05, 0.1) is 6.42 Å². The van der Waals surface area contributed by atoms with Crippen LogP contribution >= 0.6 is 0 Å². The van der Waals surface area contributed by atoms with E-state index in [4.69, 9.17) is 4.74 Å². The van der Waals surface area contributed by atoms with Gasteiger partial charge in [0.2, 0.25) is 0 Å². The van der Waals surface area contributed by atoms with E-state index in [1.165, 1.54) is 6.42 Å². The van der Waals surface area contributed by atoms with Crippen molar-refractivity contribution >= 4 is 11.9 Å². The van der Waals surface area contributed by atoms with Gasteiger partial charge in [-0.1, -0.05) is 81.3 Å². The lowest BCUT2D eigenvalue weighted by atomic mass is 9.78. The average molecular weight is 380 g/mol. The number of rotatable bonds is 6. The van der Waals surface area contributed by atoms with Crippen molar-refractivity contribution in [3.63, 3.8) is 0 Å². The number of carbonyl (C=O) groups excluding carboxylic acids is 2. The highest BCUT2D eigenvalue weighted by atomic mass is 16.5. The molecule has 0 heterocycles. The number of carbonyl (C=O) groups is 2. The van der Waals surface area contributed by atoms with E-state index < -0.39 is 0 Å². The molecule has 0 bridgehead atoms. The second-order valence-electron chi connectivity index (χ2n) is 7.84. The third-order valence-electron chi connectivity index (χ3n) is 5.83. The van der Waals surface area contributed by atoms with Gasteiger partial charge in [-0.05, 0) is 34.9 Å². The predicted octanol–water partition coefficient (Wildman–Crippen LogP) is 4.38. The fraction of sp³-hybridized carbons (Fsp3) is 0.417. The summed E-state index contributed by atoms with van der Waals surface area (Å²) in [5.74, 6) is 0.475. The second kappa shape index (κ2) is 9.54. The Kier molecular flexibility index (Phi) is 6.85. The summed E-state index contributed by atoms with van der Waals surface area (Å²) >= 11 is 0. The Labute approximate surface area is 167 Å². The maximum absolute atomic E-state index is 12.1. The van der Waals surface area contributed by atoms with E-state index in [0.717, 1.165) is 29.5 Å². The molecule has 3 rings (SSSR count). The molecule has 3 atom stereocenters. The van der Waals surface area contributed by atoms with Crippen LogP contribution in [-0.4, -0.2) is 24.5 Å². The van der Waals surface area contributed by atoms with Crippen LogP contribution in [0.4, 0.5) is 0 Å².